The number of hydrogen-bond donors (Lipinski definition) is 2. The average Bonchev–Trinajstić information content (AvgIpc) is 2.59. The summed E-state index contributed by atoms with van der Waals surface area (Å²) in [5.74, 6) is 0.293. The normalized spacial score (nSPS) is 22.7. The van der Waals surface area contributed by atoms with Gasteiger partial charge in [0.1, 0.15) is 0 Å². The number of aliphatic hydroxyl groups excluding tert-OH is 1. The minimum Gasteiger partial charge on any atom is -0.392 e. The molecule has 2 heterocycles. The van der Waals surface area contributed by atoms with Gasteiger partial charge in [-0.1, -0.05) is 33.1 Å². The molecule has 0 amide bonds. The summed E-state index contributed by atoms with van der Waals surface area (Å²) >= 11 is 0. The number of aliphatic hydroxyl groups is 1. The maximum Gasteiger partial charge on any atom is 0.328 e. The zero-order valence-electron chi connectivity index (χ0n) is 16.3. The van der Waals surface area contributed by atoms with Gasteiger partial charge in [0, 0.05) is 19.3 Å². The Labute approximate surface area is 160 Å². The number of hydrogen-bond acceptors (Lipinski definition) is 5. The van der Waals surface area contributed by atoms with Gasteiger partial charge in [-0.15, -0.1) is 0 Å². The van der Waals surface area contributed by atoms with E-state index in [0.717, 1.165) is 31.9 Å². The van der Waals surface area contributed by atoms with Gasteiger partial charge in [0.25, 0.3) is 5.56 Å². The summed E-state index contributed by atoms with van der Waals surface area (Å²) in [6.07, 6.45) is 5.25. The lowest BCUT2D eigenvalue weighted by Gasteiger charge is -2.38. The van der Waals surface area contributed by atoms with Crippen LogP contribution in [0.4, 0.5) is 0 Å². The maximum atomic E-state index is 13.1. The molecule has 0 saturated carbocycles. The number of nitrogens with one attached hydrogen (secondary N) is 1. The first kappa shape index (κ1) is 21.8. The molecule has 1 aliphatic heterocycles. The molecule has 1 aliphatic rings. The largest absolute Gasteiger partial charge is 0.392 e. The van der Waals surface area contributed by atoms with E-state index in [9.17, 15) is 23.1 Å². The molecule has 3 atom stereocenters. The van der Waals surface area contributed by atoms with Gasteiger partial charge in [0.05, 0.1) is 12.1 Å². The predicted octanol–water partition coefficient (Wildman–Crippen LogP) is 1.29. The molecule has 2 N–H and O–H groups in total. The number of unbranched alkanes of at least 4 members (excludes halogenated alkanes) is 3. The fraction of sp³-hybridized carbons (Fsp3) is 0.778. The summed E-state index contributed by atoms with van der Waals surface area (Å²) in [5.41, 5.74) is -1.51. The van der Waals surface area contributed by atoms with E-state index in [1.807, 2.05) is 6.92 Å². The van der Waals surface area contributed by atoms with E-state index in [2.05, 4.69) is 11.9 Å². The van der Waals surface area contributed by atoms with Crippen molar-refractivity contribution in [1.29, 1.82) is 0 Å². The third kappa shape index (κ3) is 5.08. The van der Waals surface area contributed by atoms with Crippen LogP contribution < -0.4 is 11.2 Å². The standard InChI is InChI=1S/C18H31N3O5S/c1-4-5-6-7-9-20-12-16(17(23)19-18(20)24)27(25,26)21-10-8-13(2)11-15(21)14(3)22/h12-15,22H,4-11H2,1-3H3,(H,19,23,24)/t13-,14+,15-/m0/s1. The van der Waals surface area contributed by atoms with Crippen molar-refractivity contribution in [3.63, 3.8) is 0 Å². The second kappa shape index (κ2) is 9.16. The van der Waals surface area contributed by atoms with Crippen molar-refractivity contribution in [2.75, 3.05) is 6.54 Å². The highest BCUT2D eigenvalue weighted by molar-refractivity contribution is 7.89. The Morgan fingerprint density at radius 3 is 2.63 bits per heavy atom. The van der Waals surface area contributed by atoms with Crippen LogP contribution in [0.25, 0.3) is 0 Å². The van der Waals surface area contributed by atoms with Gasteiger partial charge in [0.2, 0.25) is 10.0 Å². The van der Waals surface area contributed by atoms with E-state index in [1.54, 1.807) is 6.92 Å². The van der Waals surface area contributed by atoms with Crippen molar-refractivity contribution < 1.29 is 13.5 Å². The zero-order valence-corrected chi connectivity index (χ0v) is 17.2. The lowest BCUT2D eigenvalue weighted by molar-refractivity contribution is 0.0675. The van der Waals surface area contributed by atoms with Crippen LogP contribution in [0.3, 0.4) is 0 Å². The van der Waals surface area contributed by atoms with Gasteiger partial charge in [-0.3, -0.25) is 14.3 Å². The van der Waals surface area contributed by atoms with Crippen molar-refractivity contribution >= 4 is 10.0 Å². The van der Waals surface area contributed by atoms with Crippen molar-refractivity contribution in [3.05, 3.63) is 27.0 Å². The highest BCUT2D eigenvalue weighted by atomic mass is 32.2. The van der Waals surface area contributed by atoms with Gasteiger partial charge in [-0.25, -0.2) is 13.2 Å². The first-order valence-corrected chi connectivity index (χ1v) is 11.2. The topological polar surface area (TPSA) is 112 Å². The number of rotatable bonds is 8. The third-order valence-corrected chi connectivity index (χ3v) is 7.15. The maximum absolute atomic E-state index is 13.1. The van der Waals surface area contributed by atoms with E-state index < -0.39 is 38.3 Å². The van der Waals surface area contributed by atoms with Crippen molar-refractivity contribution in [2.24, 2.45) is 5.92 Å². The molecule has 1 aromatic rings. The molecule has 0 aliphatic carbocycles. The van der Waals surface area contributed by atoms with Gasteiger partial charge in [-0.05, 0) is 32.1 Å². The number of aromatic nitrogens is 2. The number of sulfonamides is 1. The number of aryl methyl sites for hydroxylation is 1. The highest BCUT2D eigenvalue weighted by Gasteiger charge is 2.39. The van der Waals surface area contributed by atoms with Crippen LogP contribution >= 0.6 is 0 Å². The van der Waals surface area contributed by atoms with Crippen LogP contribution in [-0.4, -0.2) is 46.1 Å². The second-order valence-electron chi connectivity index (χ2n) is 7.56. The van der Waals surface area contributed by atoms with Gasteiger partial charge in [0.15, 0.2) is 4.90 Å². The number of H-pyrrole nitrogens is 1. The smallest absolute Gasteiger partial charge is 0.328 e. The molecule has 8 nitrogen and oxygen atoms in total. The first-order valence-electron chi connectivity index (χ1n) is 9.72. The van der Waals surface area contributed by atoms with Crippen LogP contribution in [0.2, 0.25) is 0 Å². The van der Waals surface area contributed by atoms with Crippen molar-refractivity contribution in [1.82, 2.24) is 13.9 Å². The fourth-order valence-electron chi connectivity index (χ4n) is 3.57. The van der Waals surface area contributed by atoms with Crippen LogP contribution in [0, 0.1) is 5.92 Å². The fourth-order valence-corrected chi connectivity index (χ4v) is 5.33. The van der Waals surface area contributed by atoms with Gasteiger partial charge < -0.3 is 5.11 Å². The molecular formula is C18H31N3O5S. The molecule has 154 valence electrons. The lowest BCUT2D eigenvalue weighted by Crippen LogP contribution is -2.51. The summed E-state index contributed by atoms with van der Waals surface area (Å²) in [7, 11) is -4.11. The molecule has 1 aromatic heterocycles. The monoisotopic (exact) mass is 401 g/mol. The number of nitrogens with zero attached hydrogens (tertiary/aromatic N) is 2. The molecule has 0 spiro atoms. The Hall–Kier alpha value is -1.45. The Bertz CT molecular complexity index is 843. The quantitative estimate of drug-likeness (QED) is 0.637. The number of piperidine rings is 1. The molecule has 1 saturated heterocycles. The summed E-state index contributed by atoms with van der Waals surface area (Å²) in [5, 5.41) is 10.1. The summed E-state index contributed by atoms with van der Waals surface area (Å²) in [6.45, 7) is 6.25. The molecule has 27 heavy (non-hydrogen) atoms. The molecule has 0 aromatic carbocycles. The van der Waals surface area contributed by atoms with Crippen molar-refractivity contribution in [2.45, 2.75) is 82.9 Å². The Morgan fingerprint density at radius 1 is 1.30 bits per heavy atom. The molecular weight excluding hydrogens is 370 g/mol. The van der Waals surface area contributed by atoms with Crippen LogP contribution in [0.1, 0.15) is 59.3 Å². The molecule has 0 unspecified atom stereocenters. The van der Waals surface area contributed by atoms with E-state index in [-0.39, 0.29) is 6.54 Å². The number of aromatic amines is 1. The van der Waals surface area contributed by atoms with Crippen LogP contribution in [-0.2, 0) is 16.6 Å². The summed E-state index contributed by atoms with van der Waals surface area (Å²) < 4.78 is 28.8. The van der Waals surface area contributed by atoms with Crippen LogP contribution in [0.15, 0.2) is 20.7 Å². The highest BCUT2D eigenvalue weighted by Crippen LogP contribution is 2.29. The van der Waals surface area contributed by atoms with Gasteiger partial charge in [-0.2, -0.15) is 4.31 Å². The molecule has 0 bridgehead atoms. The van der Waals surface area contributed by atoms with E-state index in [0.29, 0.717) is 25.3 Å². The minimum absolute atomic E-state index is 0.244. The lowest BCUT2D eigenvalue weighted by atomic mass is 9.92. The van der Waals surface area contributed by atoms with E-state index in [1.165, 1.54) is 8.87 Å². The Kier molecular flexibility index (Phi) is 7.41. The average molecular weight is 402 g/mol. The first-order chi connectivity index (χ1) is 12.7. The summed E-state index contributed by atoms with van der Waals surface area (Å²) in [4.78, 5) is 26.0. The molecule has 9 heteroatoms. The molecule has 1 fully saturated rings. The predicted molar refractivity (Wildman–Crippen MR) is 103 cm³/mol. The zero-order chi connectivity index (χ0) is 20.2. The van der Waals surface area contributed by atoms with E-state index in [4.69, 9.17) is 0 Å². The molecule has 0 radical (unpaired) electrons. The Morgan fingerprint density at radius 2 is 2.00 bits per heavy atom. The minimum atomic E-state index is -4.11. The third-order valence-electron chi connectivity index (χ3n) is 5.23. The van der Waals surface area contributed by atoms with Crippen molar-refractivity contribution in [3.8, 4) is 0 Å². The van der Waals surface area contributed by atoms with Crippen LogP contribution in [0.5, 0.6) is 0 Å². The second-order valence-corrected chi connectivity index (χ2v) is 9.42. The molecule has 2 rings (SSSR count). The van der Waals surface area contributed by atoms with E-state index >= 15 is 0 Å². The summed E-state index contributed by atoms with van der Waals surface area (Å²) in [6, 6.07) is -0.580. The SMILES string of the molecule is CCCCCCn1cc(S(=O)(=O)N2CC[C@H](C)C[C@H]2[C@@H](C)O)c(=O)[nH]c1=O. The Balaban J connectivity index is 2.37. The van der Waals surface area contributed by atoms with Gasteiger partial charge >= 0.3 is 5.69 Å².